The van der Waals surface area contributed by atoms with Crippen LogP contribution in [0.25, 0.3) is 10.9 Å². The van der Waals surface area contributed by atoms with E-state index in [1.165, 1.54) is 10.9 Å². The molecule has 0 bridgehead atoms. The molecule has 0 aliphatic carbocycles. The van der Waals surface area contributed by atoms with Crippen molar-refractivity contribution in [2.75, 3.05) is 0 Å². The molecule has 0 radical (unpaired) electrons. The molecule has 128 valence electrons. The van der Waals surface area contributed by atoms with Crippen molar-refractivity contribution < 1.29 is 4.79 Å². The number of nitrogens with one attached hydrogen (secondary N) is 1. The van der Waals surface area contributed by atoms with E-state index < -0.39 is 0 Å². The Kier molecular flexibility index (Phi) is 4.90. The quantitative estimate of drug-likeness (QED) is 0.738. The number of fused-ring (bicyclic) bond motifs is 1. The monoisotopic (exact) mass is 336 g/mol. The molecular formula is C19H20N4O2. The highest BCUT2D eigenvalue weighted by Crippen LogP contribution is 2.11. The maximum Gasteiger partial charge on any atom is 0.261 e. The van der Waals surface area contributed by atoms with Crippen LogP contribution < -0.4 is 16.6 Å². The van der Waals surface area contributed by atoms with E-state index in [1.807, 2.05) is 43.3 Å². The Hall–Kier alpha value is -2.99. The highest BCUT2D eigenvalue weighted by atomic mass is 16.2. The minimum absolute atomic E-state index is 0.0589. The number of rotatable bonds is 5. The molecule has 6 nitrogen and oxygen atoms in total. The van der Waals surface area contributed by atoms with Crippen LogP contribution in [0, 0.1) is 6.92 Å². The lowest BCUT2D eigenvalue weighted by Crippen LogP contribution is -2.32. The van der Waals surface area contributed by atoms with Crippen molar-refractivity contribution in [2.45, 2.75) is 26.6 Å². The van der Waals surface area contributed by atoms with Gasteiger partial charge in [-0.3, -0.25) is 14.2 Å². The molecule has 0 unspecified atom stereocenters. The van der Waals surface area contributed by atoms with Crippen LogP contribution in [0.5, 0.6) is 0 Å². The van der Waals surface area contributed by atoms with E-state index in [0.717, 1.165) is 16.7 Å². The van der Waals surface area contributed by atoms with Crippen LogP contribution in [0.15, 0.2) is 53.6 Å². The van der Waals surface area contributed by atoms with Crippen molar-refractivity contribution in [3.05, 3.63) is 75.8 Å². The highest BCUT2D eigenvalue weighted by molar-refractivity contribution is 5.81. The summed E-state index contributed by atoms with van der Waals surface area (Å²) >= 11 is 0. The molecule has 1 heterocycles. The lowest BCUT2D eigenvalue weighted by molar-refractivity contribution is -0.121. The zero-order valence-electron chi connectivity index (χ0n) is 14.0. The second-order valence-corrected chi connectivity index (χ2v) is 5.95. The molecule has 1 amide bonds. The predicted octanol–water partition coefficient (Wildman–Crippen LogP) is 1.48. The normalized spacial score (nSPS) is 10.8. The van der Waals surface area contributed by atoms with E-state index in [0.29, 0.717) is 24.0 Å². The Bertz CT molecular complexity index is 961. The first-order valence-electron chi connectivity index (χ1n) is 8.08. The number of aryl methyl sites for hydroxylation is 1. The van der Waals surface area contributed by atoms with Gasteiger partial charge < -0.3 is 11.1 Å². The molecule has 0 spiro atoms. The molecule has 25 heavy (non-hydrogen) atoms. The lowest BCUT2D eigenvalue weighted by atomic mass is 10.1. The summed E-state index contributed by atoms with van der Waals surface area (Å²) in [4.78, 5) is 28.9. The van der Waals surface area contributed by atoms with Crippen LogP contribution in [0.3, 0.4) is 0 Å². The summed E-state index contributed by atoms with van der Waals surface area (Å²) in [5, 5.41) is 3.33. The number of carbonyl (C=O) groups excluding carboxylic acids is 1. The van der Waals surface area contributed by atoms with Crippen LogP contribution in [-0.2, 0) is 24.4 Å². The number of benzene rings is 2. The van der Waals surface area contributed by atoms with Gasteiger partial charge in [0.15, 0.2) is 0 Å². The van der Waals surface area contributed by atoms with Crippen LogP contribution in [0.2, 0.25) is 0 Å². The maximum absolute atomic E-state index is 12.5. The molecule has 0 saturated carbocycles. The number of para-hydroxylation sites is 1. The first-order valence-corrected chi connectivity index (χ1v) is 8.08. The number of nitrogens with zero attached hydrogens (tertiary/aromatic N) is 2. The predicted molar refractivity (Wildman–Crippen MR) is 96.9 cm³/mol. The Morgan fingerprint density at radius 2 is 1.88 bits per heavy atom. The largest absolute Gasteiger partial charge is 0.350 e. The van der Waals surface area contributed by atoms with Crippen molar-refractivity contribution >= 4 is 16.8 Å². The first-order chi connectivity index (χ1) is 12.1. The average Bonchev–Trinajstić information content (AvgIpc) is 2.63. The molecule has 6 heteroatoms. The Morgan fingerprint density at radius 3 is 2.60 bits per heavy atom. The number of amides is 1. The zero-order valence-corrected chi connectivity index (χ0v) is 14.0. The minimum atomic E-state index is -0.237. The smallest absolute Gasteiger partial charge is 0.261 e. The van der Waals surface area contributed by atoms with Crippen LogP contribution in [0.4, 0.5) is 0 Å². The molecule has 2 aromatic carbocycles. The lowest BCUT2D eigenvalue weighted by Gasteiger charge is -2.09. The van der Waals surface area contributed by atoms with Gasteiger partial charge >= 0.3 is 0 Å². The van der Waals surface area contributed by atoms with Crippen LogP contribution in [-0.4, -0.2) is 15.5 Å². The van der Waals surface area contributed by atoms with E-state index >= 15 is 0 Å². The topological polar surface area (TPSA) is 90.0 Å². The van der Waals surface area contributed by atoms with Crippen molar-refractivity contribution in [2.24, 2.45) is 5.73 Å². The van der Waals surface area contributed by atoms with Gasteiger partial charge in [-0.2, -0.15) is 0 Å². The summed E-state index contributed by atoms with van der Waals surface area (Å²) in [7, 11) is 0. The van der Waals surface area contributed by atoms with Gasteiger partial charge in [0.25, 0.3) is 5.56 Å². The summed E-state index contributed by atoms with van der Waals surface area (Å²) in [6.07, 6.45) is 1.42. The van der Waals surface area contributed by atoms with Crippen LogP contribution in [0.1, 0.15) is 16.7 Å². The minimum Gasteiger partial charge on any atom is -0.350 e. The Labute approximate surface area is 145 Å². The Balaban J connectivity index is 1.69. The number of aromatic nitrogens is 2. The summed E-state index contributed by atoms with van der Waals surface area (Å²) in [6, 6.07) is 13.2. The summed E-state index contributed by atoms with van der Waals surface area (Å²) < 4.78 is 1.33. The number of nitrogens with two attached hydrogens (primary N) is 1. The first kappa shape index (κ1) is 16.9. The van der Waals surface area contributed by atoms with Crippen molar-refractivity contribution in [3.8, 4) is 0 Å². The molecule has 0 fully saturated rings. The van der Waals surface area contributed by atoms with Crippen molar-refractivity contribution in [1.29, 1.82) is 0 Å². The number of carbonyl (C=O) groups is 1. The molecule has 3 rings (SSSR count). The molecule has 0 saturated heterocycles. The van der Waals surface area contributed by atoms with Crippen molar-refractivity contribution in [1.82, 2.24) is 14.9 Å². The van der Waals surface area contributed by atoms with Gasteiger partial charge in [-0.25, -0.2) is 4.98 Å². The SMILES string of the molecule is Cc1cccc2c(=O)n(CC(=O)NCc3ccc(CN)cc3)cnc12. The third kappa shape index (κ3) is 3.75. The average molecular weight is 336 g/mol. The van der Waals surface area contributed by atoms with E-state index in [9.17, 15) is 9.59 Å². The van der Waals surface area contributed by atoms with Gasteiger partial charge in [0, 0.05) is 13.1 Å². The summed E-state index contributed by atoms with van der Waals surface area (Å²) in [5.74, 6) is -0.237. The molecular weight excluding hydrogens is 316 g/mol. The third-order valence-corrected chi connectivity index (χ3v) is 4.12. The van der Waals surface area contributed by atoms with Gasteiger partial charge in [0.05, 0.1) is 17.2 Å². The van der Waals surface area contributed by atoms with E-state index in [1.54, 1.807) is 6.07 Å². The third-order valence-electron chi connectivity index (χ3n) is 4.12. The van der Waals surface area contributed by atoms with E-state index in [2.05, 4.69) is 10.3 Å². The molecule has 3 aromatic rings. The fourth-order valence-corrected chi connectivity index (χ4v) is 2.65. The van der Waals surface area contributed by atoms with Crippen LogP contribution >= 0.6 is 0 Å². The second kappa shape index (κ2) is 7.27. The van der Waals surface area contributed by atoms with E-state index in [4.69, 9.17) is 5.73 Å². The molecule has 0 aliphatic heterocycles. The number of hydrogen-bond acceptors (Lipinski definition) is 4. The standard InChI is InChI=1S/C19H20N4O2/c1-13-3-2-4-16-18(13)22-12-23(19(16)25)11-17(24)21-10-15-7-5-14(9-20)6-8-15/h2-8,12H,9-11,20H2,1H3,(H,21,24). The van der Waals surface area contributed by atoms with Gasteiger partial charge in [-0.15, -0.1) is 0 Å². The molecule has 3 N–H and O–H groups in total. The molecule has 0 atom stereocenters. The van der Waals surface area contributed by atoms with Gasteiger partial charge in [-0.1, -0.05) is 36.4 Å². The van der Waals surface area contributed by atoms with Gasteiger partial charge in [0.1, 0.15) is 6.54 Å². The van der Waals surface area contributed by atoms with E-state index in [-0.39, 0.29) is 18.0 Å². The maximum atomic E-state index is 12.5. The molecule has 1 aromatic heterocycles. The summed E-state index contributed by atoms with van der Waals surface area (Å²) in [6.45, 7) is 2.74. The zero-order chi connectivity index (χ0) is 17.8. The Morgan fingerprint density at radius 1 is 1.16 bits per heavy atom. The fourth-order valence-electron chi connectivity index (χ4n) is 2.65. The number of hydrogen-bond donors (Lipinski definition) is 2. The van der Waals surface area contributed by atoms with Crippen molar-refractivity contribution in [3.63, 3.8) is 0 Å². The highest BCUT2D eigenvalue weighted by Gasteiger charge is 2.09. The summed E-state index contributed by atoms with van der Waals surface area (Å²) in [5.41, 5.74) is 8.98. The van der Waals surface area contributed by atoms with Gasteiger partial charge in [-0.05, 0) is 29.7 Å². The molecule has 0 aliphatic rings. The van der Waals surface area contributed by atoms with Gasteiger partial charge in [0.2, 0.25) is 5.91 Å². The second-order valence-electron chi connectivity index (χ2n) is 5.95. The fraction of sp³-hybridized carbons (Fsp3) is 0.211.